The molecular formula is C15H20O. The Balaban J connectivity index is 2.39. The predicted octanol–water partition coefficient (Wildman–Crippen LogP) is 3.85. The van der Waals surface area contributed by atoms with Gasteiger partial charge < -0.3 is 0 Å². The molecule has 0 amide bonds. The van der Waals surface area contributed by atoms with Crippen molar-refractivity contribution in [3.63, 3.8) is 0 Å². The third-order valence-electron chi connectivity index (χ3n) is 2.89. The Hall–Kier alpha value is -1.37. The smallest absolute Gasteiger partial charge is 0.155 e. The van der Waals surface area contributed by atoms with Gasteiger partial charge in [-0.2, -0.15) is 0 Å². The molecule has 0 saturated heterocycles. The van der Waals surface area contributed by atoms with Crippen molar-refractivity contribution in [2.45, 2.75) is 26.7 Å². The summed E-state index contributed by atoms with van der Waals surface area (Å²) >= 11 is 0. The zero-order valence-corrected chi connectivity index (χ0v) is 10.1. The fourth-order valence-electron chi connectivity index (χ4n) is 1.52. The normalized spacial score (nSPS) is 21.2. The lowest BCUT2D eigenvalue weighted by molar-refractivity contribution is -0.115. The van der Waals surface area contributed by atoms with Crippen molar-refractivity contribution in [2.75, 3.05) is 0 Å². The molecule has 0 spiro atoms. The summed E-state index contributed by atoms with van der Waals surface area (Å²) in [6.07, 6.45) is 13.6. The first kappa shape index (κ1) is 12.7. The first-order valence-electron chi connectivity index (χ1n) is 5.79. The van der Waals surface area contributed by atoms with E-state index in [0.717, 1.165) is 12.0 Å². The van der Waals surface area contributed by atoms with Crippen molar-refractivity contribution in [3.8, 4) is 0 Å². The van der Waals surface area contributed by atoms with Crippen molar-refractivity contribution in [1.29, 1.82) is 0 Å². The summed E-state index contributed by atoms with van der Waals surface area (Å²) in [5, 5.41) is 0. The molecule has 0 radical (unpaired) electrons. The van der Waals surface area contributed by atoms with E-state index in [-0.39, 0.29) is 11.7 Å². The van der Waals surface area contributed by atoms with Crippen LogP contribution < -0.4 is 0 Å². The lowest BCUT2D eigenvalue weighted by Gasteiger charge is -2.09. The van der Waals surface area contributed by atoms with Crippen LogP contribution in [0.25, 0.3) is 0 Å². The Kier molecular flexibility index (Phi) is 4.97. The highest BCUT2D eigenvalue weighted by Crippen LogP contribution is 2.15. The Morgan fingerprint density at radius 1 is 1.56 bits per heavy atom. The summed E-state index contributed by atoms with van der Waals surface area (Å²) in [6, 6.07) is 0. The fourth-order valence-corrected chi connectivity index (χ4v) is 1.52. The van der Waals surface area contributed by atoms with Gasteiger partial charge in [0.25, 0.3) is 0 Å². The van der Waals surface area contributed by atoms with Gasteiger partial charge in [0.2, 0.25) is 0 Å². The maximum atomic E-state index is 11.6. The molecule has 0 saturated carbocycles. The van der Waals surface area contributed by atoms with E-state index in [4.69, 9.17) is 0 Å². The van der Waals surface area contributed by atoms with Crippen LogP contribution in [0.1, 0.15) is 26.7 Å². The number of rotatable bonds is 5. The minimum atomic E-state index is 0.193. The summed E-state index contributed by atoms with van der Waals surface area (Å²) in [5.74, 6) is 0.853. The second kappa shape index (κ2) is 6.26. The number of allylic oxidation sites excluding steroid dienone is 7. The van der Waals surface area contributed by atoms with Crippen LogP contribution in [0.3, 0.4) is 0 Å². The largest absolute Gasteiger partial charge is 0.295 e. The average Bonchev–Trinajstić information content (AvgIpc) is 2.27. The molecule has 0 N–H and O–H groups in total. The molecule has 2 unspecified atom stereocenters. The molecule has 0 heterocycles. The van der Waals surface area contributed by atoms with Gasteiger partial charge in [-0.3, -0.25) is 4.79 Å². The van der Waals surface area contributed by atoms with Crippen molar-refractivity contribution in [3.05, 3.63) is 48.6 Å². The maximum absolute atomic E-state index is 11.6. The van der Waals surface area contributed by atoms with E-state index in [1.165, 1.54) is 0 Å². The average molecular weight is 216 g/mol. The molecule has 1 nitrogen and oxygen atoms in total. The highest BCUT2D eigenvalue weighted by Gasteiger charge is 2.07. The summed E-state index contributed by atoms with van der Waals surface area (Å²) < 4.78 is 0. The van der Waals surface area contributed by atoms with Crippen LogP contribution in [0.15, 0.2) is 48.6 Å². The quantitative estimate of drug-likeness (QED) is 0.504. The van der Waals surface area contributed by atoms with Crippen LogP contribution in [-0.4, -0.2) is 5.78 Å². The van der Waals surface area contributed by atoms with Gasteiger partial charge in [0.05, 0.1) is 0 Å². The molecule has 16 heavy (non-hydrogen) atoms. The van der Waals surface area contributed by atoms with Crippen LogP contribution in [0, 0.1) is 11.8 Å². The zero-order valence-electron chi connectivity index (χ0n) is 10.1. The Labute approximate surface area is 98.2 Å². The predicted molar refractivity (Wildman–Crippen MR) is 69.1 cm³/mol. The number of ketones is 1. The summed E-state index contributed by atoms with van der Waals surface area (Å²) in [5.41, 5.74) is 1.07. The van der Waals surface area contributed by atoms with E-state index < -0.39 is 0 Å². The van der Waals surface area contributed by atoms with Gasteiger partial charge in [-0.25, -0.2) is 0 Å². The lowest BCUT2D eigenvalue weighted by Crippen LogP contribution is -2.04. The van der Waals surface area contributed by atoms with E-state index >= 15 is 0 Å². The maximum Gasteiger partial charge on any atom is 0.155 e. The second-order valence-electron chi connectivity index (χ2n) is 4.49. The van der Waals surface area contributed by atoms with Gasteiger partial charge in [0, 0.05) is 6.42 Å². The summed E-state index contributed by atoms with van der Waals surface area (Å²) in [7, 11) is 0. The van der Waals surface area contributed by atoms with Crippen LogP contribution in [0.2, 0.25) is 0 Å². The van der Waals surface area contributed by atoms with E-state index in [1.54, 1.807) is 6.08 Å². The highest BCUT2D eigenvalue weighted by molar-refractivity contribution is 5.90. The zero-order chi connectivity index (χ0) is 12.0. The fraction of sp³-hybridized carbons (Fsp3) is 0.400. The minimum Gasteiger partial charge on any atom is -0.295 e. The molecule has 0 aromatic carbocycles. The van der Waals surface area contributed by atoms with Crippen LogP contribution >= 0.6 is 0 Å². The second-order valence-corrected chi connectivity index (χ2v) is 4.49. The molecule has 0 aromatic heterocycles. The van der Waals surface area contributed by atoms with E-state index in [9.17, 15) is 4.79 Å². The molecule has 0 aromatic rings. The van der Waals surface area contributed by atoms with E-state index in [0.29, 0.717) is 12.3 Å². The molecule has 0 bridgehead atoms. The Morgan fingerprint density at radius 2 is 2.31 bits per heavy atom. The van der Waals surface area contributed by atoms with Crippen molar-refractivity contribution in [2.24, 2.45) is 11.8 Å². The van der Waals surface area contributed by atoms with Gasteiger partial charge in [0.1, 0.15) is 0 Å². The molecule has 86 valence electrons. The number of carbonyl (C=O) groups is 1. The monoisotopic (exact) mass is 216 g/mol. The molecular weight excluding hydrogens is 196 g/mol. The lowest BCUT2D eigenvalue weighted by atomic mass is 9.96. The molecule has 2 atom stereocenters. The molecule has 0 aliphatic heterocycles. The van der Waals surface area contributed by atoms with Gasteiger partial charge >= 0.3 is 0 Å². The molecule has 1 aliphatic carbocycles. The van der Waals surface area contributed by atoms with Crippen molar-refractivity contribution in [1.82, 2.24) is 0 Å². The van der Waals surface area contributed by atoms with Crippen molar-refractivity contribution >= 4 is 5.78 Å². The van der Waals surface area contributed by atoms with Gasteiger partial charge in [-0.1, -0.05) is 49.5 Å². The van der Waals surface area contributed by atoms with Gasteiger partial charge in [0.15, 0.2) is 5.78 Å². The third kappa shape index (κ3) is 4.43. The summed E-state index contributed by atoms with van der Waals surface area (Å²) in [4.78, 5) is 11.6. The SMILES string of the molecule is C=C(C)C(C)CC(=O)/C=C/C1C=CC=CC1. The highest BCUT2D eigenvalue weighted by atomic mass is 16.1. The Bertz CT molecular complexity index is 344. The summed E-state index contributed by atoms with van der Waals surface area (Å²) in [6.45, 7) is 7.87. The van der Waals surface area contributed by atoms with Crippen LogP contribution in [-0.2, 0) is 4.79 Å². The molecule has 1 aliphatic rings. The van der Waals surface area contributed by atoms with Gasteiger partial charge in [-0.15, -0.1) is 0 Å². The van der Waals surface area contributed by atoms with E-state index in [1.807, 2.05) is 32.1 Å². The first-order chi connectivity index (χ1) is 7.59. The topological polar surface area (TPSA) is 17.1 Å². The first-order valence-corrected chi connectivity index (χ1v) is 5.79. The molecule has 1 heteroatoms. The third-order valence-corrected chi connectivity index (χ3v) is 2.89. The van der Waals surface area contributed by atoms with Crippen LogP contribution in [0.4, 0.5) is 0 Å². The molecule has 1 rings (SSSR count). The van der Waals surface area contributed by atoms with Crippen molar-refractivity contribution < 1.29 is 4.79 Å². The standard InChI is InChI=1S/C15H20O/c1-12(2)13(3)11-15(16)10-9-14-7-5-4-6-8-14/h4-7,9-10,13-14H,1,8,11H2,2-3H3/b10-9+. The Morgan fingerprint density at radius 3 is 2.88 bits per heavy atom. The minimum absolute atomic E-state index is 0.193. The van der Waals surface area contributed by atoms with Crippen LogP contribution in [0.5, 0.6) is 0 Å². The molecule has 0 fully saturated rings. The number of hydrogen-bond donors (Lipinski definition) is 0. The number of carbonyl (C=O) groups excluding carboxylic acids is 1. The number of hydrogen-bond acceptors (Lipinski definition) is 1. The van der Waals surface area contributed by atoms with E-state index in [2.05, 4.69) is 18.7 Å². The van der Waals surface area contributed by atoms with Gasteiger partial charge in [-0.05, 0) is 31.3 Å².